The molecule has 0 aliphatic carbocycles. The second kappa shape index (κ2) is 5.71. The van der Waals surface area contributed by atoms with Gasteiger partial charge in [0.1, 0.15) is 0 Å². The first-order valence-electron chi connectivity index (χ1n) is 5.93. The molecule has 0 aromatic heterocycles. The van der Waals surface area contributed by atoms with E-state index in [4.69, 9.17) is 0 Å². The zero-order chi connectivity index (χ0) is 14.0. The van der Waals surface area contributed by atoms with Gasteiger partial charge in [0.05, 0.1) is 20.5 Å². The third-order valence-electron chi connectivity index (χ3n) is 2.74. The molecule has 0 bridgehead atoms. The van der Waals surface area contributed by atoms with Gasteiger partial charge in [-0.15, -0.1) is 0 Å². The summed E-state index contributed by atoms with van der Waals surface area (Å²) in [7, 11) is -2.38. The summed E-state index contributed by atoms with van der Waals surface area (Å²) in [5.41, 5.74) is 0.832. The first kappa shape index (κ1) is 13.9. The Morgan fingerprint density at radius 1 is 1.10 bits per heavy atom. The minimum absolute atomic E-state index is 0.459. The highest BCUT2D eigenvalue weighted by Crippen LogP contribution is 2.30. The zero-order valence-corrected chi connectivity index (χ0v) is 13.6. The lowest BCUT2D eigenvalue weighted by Gasteiger charge is -2.01. The Hall–Kier alpha value is -1.11. The van der Waals surface area contributed by atoms with Crippen molar-refractivity contribution in [3.05, 3.63) is 59.1 Å². The van der Waals surface area contributed by atoms with E-state index in [2.05, 4.69) is 25.3 Å². The SMILES string of the molecule is O=S1(c2ccc(Br)cc2)=NC(=Nc2ccccc2)SC1. The molecule has 102 valence electrons. The summed E-state index contributed by atoms with van der Waals surface area (Å²) in [4.78, 5) is 5.18. The third-order valence-corrected chi connectivity index (χ3v) is 7.05. The van der Waals surface area contributed by atoms with E-state index in [0.717, 1.165) is 15.1 Å². The van der Waals surface area contributed by atoms with Gasteiger partial charge in [0.15, 0.2) is 5.17 Å². The molecule has 3 nitrogen and oxygen atoms in total. The fourth-order valence-electron chi connectivity index (χ4n) is 1.75. The predicted molar refractivity (Wildman–Crippen MR) is 89.0 cm³/mol. The molecular weight excluding hydrogens is 356 g/mol. The number of thioether (sulfide) groups is 1. The van der Waals surface area contributed by atoms with Gasteiger partial charge in [0.25, 0.3) is 0 Å². The lowest BCUT2D eigenvalue weighted by Crippen LogP contribution is -1.98. The summed E-state index contributed by atoms with van der Waals surface area (Å²) in [5, 5.41) is 1.05. The minimum Gasteiger partial charge on any atom is -0.243 e. The topological polar surface area (TPSA) is 41.8 Å². The molecule has 6 heteroatoms. The molecule has 0 saturated carbocycles. The largest absolute Gasteiger partial charge is 0.243 e. The van der Waals surface area contributed by atoms with Crippen molar-refractivity contribution in [3.63, 3.8) is 0 Å². The summed E-state index contributed by atoms with van der Waals surface area (Å²) < 4.78 is 18.1. The Balaban J connectivity index is 1.97. The number of hydrogen-bond donors (Lipinski definition) is 0. The van der Waals surface area contributed by atoms with Crippen LogP contribution in [0.5, 0.6) is 0 Å². The molecule has 0 fully saturated rings. The highest BCUT2D eigenvalue weighted by Gasteiger charge is 2.22. The van der Waals surface area contributed by atoms with Crippen LogP contribution in [-0.2, 0) is 9.73 Å². The molecule has 1 unspecified atom stereocenters. The van der Waals surface area contributed by atoms with E-state index in [1.54, 1.807) is 0 Å². The van der Waals surface area contributed by atoms with Crippen LogP contribution in [0, 0.1) is 0 Å². The summed E-state index contributed by atoms with van der Waals surface area (Å²) in [6, 6.07) is 17.1. The molecule has 0 radical (unpaired) electrons. The van der Waals surface area contributed by atoms with Gasteiger partial charge in [-0.25, -0.2) is 9.20 Å². The van der Waals surface area contributed by atoms with Crippen LogP contribution < -0.4 is 0 Å². The van der Waals surface area contributed by atoms with Gasteiger partial charge >= 0.3 is 0 Å². The lowest BCUT2D eigenvalue weighted by molar-refractivity contribution is 0.681. The molecule has 1 atom stereocenters. The van der Waals surface area contributed by atoms with Crippen LogP contribution >= 0.6 is 27.7 Å². The van der Waals surface area contributed by atoms with Crippen molar-refractivity contribution in [1.29, 1.82) is 0 Å². The Labute approximate surface area is 130 Å². The number of benzene rings is 2. The summed E-state index contributed by atoms with van der Waals surface area (Å²) in [6.07, 6.45) is 0. The second-order valence-corrected chi connectivity index (χ2v) is 8.62. The number of hydrogen-bond acceptors (Lipinski definition) is 3. The third kappa shape index (κ3) is 2.97. The van der Waals surface area contributed by atoms with Crippen LogP contribution in [0.15, 0.2) is 73.3 Å². The number of aliphatic imine (C=N–C) groups is 1. The first-order chi connectivity index (χ1) is 9.66. The van der Waals surface area contributed by atoms with E-state index in [1.807, 2.05) is 54.6 Å². The molecule has 0 spiro atoms. The minimum atomic E-state index is -2.38. The van der Waals surface area contributed by atoms with Crippen LogP contribution in [0.1, 0.15) is 0 Å². The second-order valence-electron chi connectivity index (χ2n) is 4.18. The van der Waals surface area contributed by atoms with E-state index in [-0.39, 0.29) is 0 Å². The number of para-hydroxylation sites is 1. The van der Waals surface area contributed by atoms with Crippen molar-refractivity contribution in [2.75, 3.05) is 5.08 Å². The van der Waals surface area contributed by atoms with Gasteiger partial charge in [-0.1, -0.05) is 45.9 Å². The highest BCUT2D eigenvalue weighted by molar-refractivity contribution is 9.10. The average Bonchev–Trinajstić information content (AvgIpc) is 2.83. The lowest BCUT2D eigenvalue weighted by atomic mass is 10.3. The van der Waals surface area contributed by atoms with Gasteiger partial charge in [-0.3, -0.25) is 0 Å². The van der Waals surface area contributed by atoms with Gasteiger partial charge in [-0.2, -0.15) is 4.36 Å². The molecule has 1 heterocycles. The van der Waals surface area contributed by atoms with E-state index in [1.165, 1.54) is 11.8 Å². The monoisotopic (exact) mass is 366 g/mol. The van der Waals surface area contributed by atoms with Crippen molar-refractivity contribution < 1.29 is 4.21 Å². The van der Waals surface area contributed by atoms with Crippen LogP contribution in [0.3, 0.4) is 0 Å². The molecule has 1 aliphatic rings. The Morgan fingerprint density at radius 2 is 1.80 bits per heavy atom. The Bertz CT molecular complexity index is 764. The smallest absolute Gasteiger partial charge is 0.198 e. The van der Waals surface area contributed by atoms with E-state index < -0.39 is 9.73 Å². The molecular formula is C14H11BrN2OS2. The van der Waals surface area contributed by atoms with Gasteiger partial charge < -0.3 is 0 Å². The van der Waals surface area contributed by atoms with Crippen molar-refractivity contribution >= 4 is 48.3 Å². The van der Waals surface area contributed by atoms with E-state index in [9.17, 15) is 4.21 Å². The van der Waals surface area contributed by atoms with Gasteiger partial charge in [-0.05, 0) is 36.4 Å². The molecule has 2 aromatic rings. The van der Waals surface area contributed by atoms with Crippen LogP contribution in [0.25, 0.3) is 0 Å². The molecule has 2 aromatic carbocycles. The fourth-order valence-corrected chi connectivity index (χ4v) is 5.53. The molecule has 0 N–H and O–H groups in total. The fraction of sp³-hybridized carbons (Fsp3) is 0.0714. The molecule has 1 aliphatic heterocycles. The van der Waals surface area contributed by atoms with E-state index in [0.29, 0.717) is 10.3 Å². The number of nitrogens with zero attached hydrogens (tertiary/aromatic N) is 2. The Morgan fingerprint density at radius 3 is 2.50 bits per heavy atom. The standard InChI is InChI=1S/C14H11BrN2OS2/c15-11-6-8-13(9-7-11)20(18)10-19-14(17-20)16-12-4-2-1-3-5-12/h1-9H,10H2. The van der Waals surface area contributed by atoms with Crippen molar-refractivity contribution in [2.45, 2.75) is 4.90 Å². The molecule has 3 rings (SSSR count). The Kier molecular flexibility index (Phi) is 3.96. The zero-order valence-electron chi connectivity index (χ0n) is 10.4. The quantitative estimate of drug-likeness (QED) is 0.774. The average molecular weight is 367 g/mol. The van der Waals surface area contributed by atoms with Crippen molar-refractivity contribution in [1.82, 2.24) is 0 Å². The van der Waals surface area contributed by atoms with Gasteiger partial charge in [0.2, 0.25) is 0 Å². The predicted octanol–water partition coefficient (Wildman–Crippen LogP) is 4.67. The molecule has 0 saturated heterocycles. The van der Waals surface area contributed by atoms with Gasteiger partial charge in [0, 0.05) is 9.37 Å². The molecule has 0 amide bonds. The highest BCUT2D eigenvalue weighted by atomic mass is 79.9. The normalized spacial score (nSPS) is 23.8. The number of halogens is 1. The summed E-state index contributed by atoms with van der Waals surface area (Å²) >= 11 is 4.81. The molecule has 20 heavy (non-hydrogen) atoms. The summed E-state index contributed by atoms with van der Waals surface area (Å²) in [5.74, 6) is 0. The number of amidine groups is 1. The first-order valence-corrected chi connectivity index (χ1v) is 9.39. The van der Waals surface area contributed by atoms with Crippen molar-refractivity contribution in [2.24, 2.45) is 9.36 Å². The maximum absolute atomic E-state index is 12.8. The van der Waals surface area contributed by atoms with Crippen LogP contribution in [0.2, 0.25) is 0 Å². The maximum atomic E-state index is 12.8. The maximum Gasteiger partial charge on any atom is 0.198 e. The van der Waals surface area contributed by atoms with Crippen LogP contribution in [0.4, 0.5) is 5.69 Å². The van der Waals surface area contributed by atoms with Crippen LogP contribution in [-0.4, -0.2) is 14.5 Å². The summed E-state index contributed by atoms with van der Waals surface area (Å²) in [6.45, 7) is 0. The van der Waals surface area contributed by atoms with E-state index >= 15 is 0 Å². The van der Waals surface area contributed by atoms with Crippen molar-refractivity contribution in [3.8, 4) is 0 Å². The number of rotatable bonds is 2.